The molecule has 0 radical (unpaired) electrons. The van der Waals surface area contributed by atoms with E-state index in [1.54, 1.807) is 0 Å². The van der Waals surface area contributed by atoms with Gasteiger partial charge in [-0.3, -0.25) is 9.59 Å². The van der Waals surface area contributed by atoms with Crippen molar-refractivity contribution in [3.63, 3.8) is 0 Å². The summed E-state index contributed by atoms with van der Waals surface area (Å²) in [5, 5.41) is 14.7. The number of carboxylic acid groups (broad SMARTS) is 1. The molecule has 0 saturated heterocycles. The Balaban J connectivity index is 2.17. The van der Waals surface area contributed by atoms with Gasteiger partial charge in [0.25, 0.3) is 0 Å². The Kier molecular flexibility index (Phi) is 5.96. The third kappa shape index (κ3) is 4.68. The molecule has 0 bridgehead atoms. The van der Waals surface area contributed by atoms with E-state index in [0.717, 1.165) is 11.1 Å². The lowest BCUT2D eigenvalue weighted by Gasteiger charge is -2.22. The maximum absolute atomic E-state index is 12.6. The first-order valence-corrected chi connectivity index (χ1v) is 8.36. The molecule has 2 atom stereocenters. The molecule has 1 heterocycles. The standard InChI is InChI=1S/C19H24N2O4/c1-11(2)8-15(12(3)19(24)25)17(22)21-16-9-13-6-4-5-7-14(13)10-20-18(16)23/h4-7,11,15-16H,3,8-10H2,1-2H3,(H,20,23)(H,21,22)(H,24,25)/t15-,16+/m1/s1. The van der Waals surface area contributed by atoms with Crippen LogP contribution in [-0.4, -0.2) is 28.9 Å². The van der Waals surface area contributed by atoms with Crippen LogP contribution in [0.5, 0.6) is 0 Å². The van der Waals surface area contributed by atoms with Crippen molar-refractivity contribution in [3.8, 4) is 0 Å². The molecule has 0 aliphatic carbocycles. The van der Waals surface area contributed by atoms with Crippen LogP contribution < -0.4 is 10.6 Å². The zero-order chi connectivity index (χ0) is 18.6. The average molecular weight is 344 g/mol. The second kappa shape index (κ2) is 7.96. The molecule has 3 N–H and O–H groups in total. The van der Waals surface area contributed by atoms with Gasteiger partial charge in [-0.05, 0) is 23.5 Å². The van der Waals surface area contributed by atoms with Crippen LogP contribution in [0.1, 0.15) is 31.4 Å². The molecule has 1 aromatic rings. The van der Waals surface area contributed by atoms with E-state index in [2.05, 4.69) is 17.2 Å². The molecular weight excluding hydrogens is 320 g/mol. The van der Waals surface area contributed by atoms with Gasteiger partial charge in [-0.25, -0.2) is 4.79 Å². The number of hydrogen-bond donors (Lipinski definition) is 3. The number of fused-ring (bicyclic) bond motifs is 1. The zero-order valence-electron chi connectivity index (χ0n) is 14.5. The van der Waals surface area contributed by atoms with Crippen molar-refractivity contribution in [2.75, 3.05) is 0 Å². The zero-order valence-corrected chi connectivity index (χ0v) is 14.5. The minimum Gasteiger partial charge on any atom is -0.478 e. The van der Waals surface area contributed by atoms with Crippen LogP contribution in [0.4, 0.5) is 0 Å². The molecule has 2 rings (SSSR count). The van der Waals surface area contributed by atoms with Gasteiger partial charge in [-0.2, -0.15) is 0 Å². The molecule has 0 spiro atoms. The summed E-state index contributed by atoms with van der Waals surface area (Å²) in [4.78, 5) is 36.2. The Hall–Kier alpha value is -2.63. The number of carbonyl (C=O) groups excluding carboxylic acids is 2. The number of amides is 2. The molecule has 134 valence electrons. The molecule has 0 fully saturated rings. The van der Waals surface area contributed by atoms with Gasteiger partial charge in [-0.1, -0.05) is 44.7 Å². The predicted octanol–water partition coefficient (Wildman–Crippen LogP) is 1.65. The minimum atomic E-state index is -1.20. The second-order valence-electron chi connectivity index (χ2n) is 6.76. The summed E-state index contributed by atoms with van der Waals surface area (Å²) in [5.74, 6) is -2.68. The summed E-state index contributed by atoms with van der Waals surface area (Å²) in [5.41, 5.74) is 1.85. The van der Waals surface area contributed by atoms with E-state index in [1.165, 1.54) is 0 Å². The molecule has 0 saturated carbocycles. The van der Waals surface area contributed by atoms with Gasteiger partial charge in [-0.15, -0.1) is 0 Å². The fourth-order valence-electron chi connectivity index (χ4n) is 2.96. The average Bonchev–Trinajstić information content (AvgIpc) is 2.71. The van der Waals surface area contributed by atoms with Gasteiger partial charge in [0, 0.05) is 18.5 Å². The van der Waals surface area contributed by atoms with E-state index in [9.17, 15) is 19.5 Å². The smallest absolute Gasteiger partial charge is 0.331 e. The topological polar surface area (TPSA) is 95.5 Å². The largest absolute Gasteiger partial charge is 0.478 e. The Labute approximate surface area is 147 Å². The Morgan fingerprint density at radius 3 is 2.56 bits per heavy atom. The van der Waals surface area contributed by atoms with E-state index in [4.69, 9.17) is 0 Å². The van der Waals surface area contributed by atoms with Crippen LogP contribution in [0.2, 0.25) is 0 Å². The van der Waals surface area contributed by atoms with Crippen molar-refractivity contribution in [1.82, 2.24) is 10.6 Å². The van der Waals surface area contributed by atoms with Crippen LogP contribution in [-0.2, 0) is 27.3 Å². The highest BCUT2D eigenvalue weighted by Gasteiger charge is 2.31. The van der Waals surface area contributed by atoms with Crippen LogP contribution in [0, 0.1) is 11.8 Å². The van der Waals surface area contributed by atoms with E-state index in [1.807, 2.05) is 38.1 Å². The van der Waals surface area contributed by atoms with Crippen molar-refractivity contribution in [1.29, 1.82) is 0 Å². The van der Waals surface area contributed by atoms with E-state index < -0.39 is 23.8 Å². The number of aliphatic carboxylic acids is 1. The van der Waals surface area contributed by atoms with Crippen molar-refractivity contribution < 1.29 is 19.5 Å². The lowest BCUT2D eigenvalue weighted by atomic mass is 9.89. The van der Waals surface area contributed by atoms with Gasteiger partial charge in [0.05, 0.1) is 5.92 Å². The van der Waals surface area contributed by atoms with Crippen LogP contribution >= 0.6 is 0 Å². The number of nitrogens with one attached hydrogen (secondary N) is 2. The maximum atomic E-state index is 12.6. The highest BCUT2D eigenvalue weighted by Crippen LogP contribution is 2.21. The lowest BCUT2D eigenvalue weighted by molar-refractivity contribution is -0.136. The van der Waals surface area contributed by atoms with Crippen molar-refractivity contribution in [3.05, 3.63) is 47.5 Å². The first-order chi connectivity index (χ1) is 11.8. The summed E-state index contributed by atoms with van der Waals surface area (Å²) in [6.45, 7) is 7.76. The summed E-state index contributed by atoms with van der Waals surface area (Å²) in [6, 6.07) is 6.93. The lowest BCUT2D eigenvalue weighted by Crippen LogP contribution is -2.49. The molecule has 6 heteroatoms. The van der Waals surface area contributed by atoms with Crippen molar-refractivity contribution >= 4 is 17.8 Å². The van der Waals surface area contributed by atoms with E-state index in [-0.39, 0.29) is 17.4 Å². The Morgan fingerprint density at radius 1 is 1.32 bits per heavy atom. The SMILES string of the molecule is C=C(C(=O)O)[C@@H](CC(C)C)C(=O)N[C@H]1Cc2ccccc2CNC1=O. The minimum absolute atomic E-state index is 0.121. The summed E-state index contributed by atoms with van der Waals surface area (Å²) in [6.07, 6.45) is 0.740. The van der Waals surface area contributed by atoms with Crippen molar-refractivity contribution in [2.24, 2.45) is 11.8 Å². The van der Waals surface area contributed by atoms with Gasteiger partial charge in [0.2, 0.25) is 11.8 Å². The van der Waals surface area contributed by atoms with Crippen LogP contribution in [0.25, 0.3) is 0 Å². The van der Waals surface area contributed by atoms with Gasteiger partial charge in [0.15, 0.2) is 0 Å². The molecule has 1 aromatic carbocycles. The first kappa shape index (κ1) is 18.7. The summed E-state index contributed by atoms with van der Waals surface area (Å²) in [7, 11) is 0. The number of rotatable bonds is 6. The normalized spacial score (nSPS) is 17.9. The van der Waals surface area contributed by atoms with E-state index >= 15 is 0 Å². The third-order valence-corrected chi connectivity index (χ3v) is 4.35. The van der Waals surface area contributed by atoms with E-state index in [0.29, 0.717) is 19.4 Å². The molecule has 1 aliphatic rings. The molecule has 0 unspecified atom stereocenters. The molecule has 2 amide bonds. The Morgan fingerprint density at radius 2 is 1.96 bits per heavy atom. The van der Waals surface area contributed by atoms with Gasteiger partial charge >= 0.3 is 5.97 Å². The summed E-state index contributed by atoms with van der Waals surface area (Å²) >= 11 is 0. The fraction of sp³-hybridized carbons (Fsp3) is 0.421. The van der Waals surface area contributed by atoms with Crippen molar-refractivity contribution in [2.45, 2.75) is 39.3 Å². The molecular formula is C19H24N2O4. The Bertz CT molecular complexity index is 696. The van der Waals surface area contributed by atoms with Gasteiger partial charge in [0.1, 0.15) is 6.04 Å². The highest BCUT2D eigenvalue weighted by atomic mass is 16.4. The van der Waals surface area contributed by atoms with Gasteiger partial charge < -0.3 is 15.7 Å². The monoisotopic (exact) mass is 344 g/mol. The predicted molar refractivity (Wildman–Crippen MR) is 93.6 cm³/mol. The maximum Gasteiger partial charge on any atom is 0.331 e. The number of benzene rings is 1. The number of carboxylic acids is 1. The second-order valence-corrected chi connectivity index (χ2v) is 6.76. The molecule has 6 nitrogen and oxygen atoms in total. The summed E-state index contributed by atoms with van der Waals surface area (Å²) < 4.78 is 0. The molecule has 25 heavy (non-hydrogen) atoms. The molecule has 0 aromatic heterocycles. The number of hydrogen-bond acceptors (Lipinski definition) is 3. The third-order valence-electron chi connectivity index (χ3n) is 4.35. The highest BCUT2D eigenvalue weighted by molar-refractivity contribution is 5.97. The van der Waals surface area contributed by atoms with Crippen LogP contribution in [0.3, 0.4) is 0 Å². The fourth-order valence-corrected chi connectivity index (χ4v) is 2.96. The first-order valence-electron chi connectivity index (χ1n) is 8.36. The quantitative estimate of drug-likeness (QED) is 0.684. The van der Waals surface area contributed by atoms with Crippen LogP contribution in [0.15, 0.2) is 36.4 Å². The molecule has 1 aliphatic heterocycles. The number of carbonyl (C=O) groups is 3.